The second kappa shape index (κ2) is 10.7. The smallest absolute Gasteiger partial charge is 0.225 e. The van der Waals surface area contributed by atoms with Crippen molar-refractivity contribution < 1.29 is 0 Å². The summed E-state index contributed by atoms with van der Waals surface area (Å²) >= 11 is 0. The number of guanidine groups is 1. The molecule has 0 saturated carbocycles. The summed E-state index contributed by atoms with van der Waals surface area (Å²) in [5, 5.41) is 6.88. The minimum Gasteiger partial charge on any atom is -0.357 e. The van der Waals surface area contributed by atoms with E-state index in [9.17, 15) is 0 Å². The fraction of sp³-hybridized carbons (Fsp3) is 0.706. The molecule has 1 aromatic rings. The molecular formula is C17H32IN7. The predicted molar refractivity (Wildman–Crippen MR) is 115 cm³/mol. The second-order valence-corrected chi connectivity index (χ2v) is 6.94. The van der Waals surface area contributed by atoms with Crippen LogP contribution in [0.25, 0.3) is 0 Å². The average molecular weight is 461 g/mol. The van der Waals surface area contributed by atoms with Crippen LogP contribution in [-0.2, 0) is 0 Å². The Balaban J connectivity index is 0.00000312. The van der Waals surface area contributed by atoms with Crippen LogP contribution >= 0.6 is 24.0 Å². The Morgan fingerprint density at radius 3 is 2.36 bits per heavy atom. The third-order valence-electron chi connectivity index (χ3n) is 3.78. The number of nitrogens with one attached hydrogen (secondary N) is 2. The lowest BCUT2D eigenvalue weighted by Gasteiger charge is -2.36. The summed E-state index contributed by atoms with van der Waals surface area (Å²) in [5.74, 6) is 1.82. The quantitative estimate of drug-likeness (QED) is 0.301. The number of halogens is 1. The highest BCUT2D eigenvalue weighted by atomic mass is 127. The molecule has 1 fully saturated rings. The fourth-order valence-corrected chi connectivity index (χ4v) is 2.59. The monoisotopic (exact) mass is 461 g/mol. The van der Waals surface area contributed by atoms with Crippen LogP contribution in [0, 0.1) is 0 Å². The van der Waals surface area contributed by atoms with E-state index in [1.807, 2.05) is 6.07 Å². The minimum atomic E-state index is 0. The Bertz CT molecular complexity index is 507. The molecule has 0 atom stereocenters. The van der Waals surface area contributed by atoms with Crippen molar-refractivity contribution in [1.82, 2.24) is 25.5 Å². The van der Waals surface area contributed by atoms with E-state index in [1.54, 1.807) is 12.4 Å². The number of hydrogen-bond acceptors (Lipinski definition) is 5. The lowest BCUT2D eigenvalue weighted by molar-refractivity contribution is 0.369. The molecule has 0 radical (unpaired) electrons. The summed E-state index contributed by atoms with van der Waals surface area (Å²) in [6.45, 7) is 14.9. The molecule has 2 N–H and O–H groups in total. The van der Waals surface area contributed by atoms with Crippen molar-refractivity contribution in [3.63, 3.8) is 0 Å². The summed E-state index contributed by atoms with van der Waals surface area (Å²) in [7, 11) is 0. The average Bonchev–Trinajstić information content (AvgIpc) is 2.58. The molecule has 2 rings (SSSR count). The highest BCUT2D eigenvalue weighted by Gasteiger charge is 2.21. The molecule has 0 spiro atoms. The molecule has 0 unspecified atom stereocenters. The maximum Gasteiger partial charge on any atom is 0.225 e. The Morgan fingerprint density at radius 1 is 1.16 bits per heavy atom. The molecule has 0 aliphatic carbocycles. The van der Waals surface area contributed by atoms with E-state index in [0.29, 0.717) is 0 Å². The first-order valence-electron chi connectivity index (χ1n) is 8.80. The summed E-state index contributed by atoms with van der Waals surface area (Å²) in [6, 6.07) is 1.85. The van der Waals surface area contributed by atoms with Crippen molar-refractivity contribution in [2.24, 2.45) is 4.99 Å². The third kappa shape index (κ3) is 7.72. The first-order valence-corrected chi connectivity index (χ1v) is 8.80. The van der Waals surface area contributed by atoms with Crippen LogP contribution in [0.15, 0.2) is 23.5 Å². The zero-order valence-corrected chi connectivity index (χ0v) is 18.2. The van der Waals surface area contributed by atoms with Crippen molar-refractivity contribution in [1.29, 1.82) is 0 Å². The van der Waals surface area contributed by atoms with Gasteiger partial charge in [0.25, 0.3) is 0 Å². The normalized spacial score (nSPS) is 15.8. The number of aliphatic imine (C=N–C) groups is 1. The number of piperazine rings is 1. The van der Waals surface area contributed by atoms with Gasteiger partial charge >= 0.3 is 0 Å². The number of nitrogens with zero attached hydrogens (tertiary/aromatic N) is 5. The Morgan fingerprint density at radius 2 is 1.80 bits per heavy atom. The molecule has 25 heavy (non-hydrogen) atoms. The van der Waals surface area contributed by atoms with E-state index in [2.05, 4.69) is 58.1 Å². The summed E-state index contributed by atoms with van der Waals surface area (Å²) in [4.78, 5) is 18.0. The van der Waals surface area contributed by atoms with Crippen LogP contribution in [0.3, 0.4) is 0 Å². The minimum absolute atomic E-state index is 0. The van der Waals surface area contributed by atoms with Crippen molar-refractivity contribution >= 4 is 35.9 Å². The van der Waals surface area contributed by atoms with Gasteiger partial charge in [-0.15, -0.1) is 24.0 Å². The topological polar surface area (TPSA) is 68.7 Å². The third-order valence-corrected chi connectivity index (χ3v) is 3.78. The summed E-state index contributed by atoms with van der Waals surface area (Å²) in [5.41, 5.74) is 0.134. The van der Waals surface area contributed by atoms with E-state index in [1.165, 1.54) is 0 Å². The maximum atomic E-state index is 4.76. The van der Waals surface area contributed by atoms with Crippen LogP contribution in [0.1, 0.15) is 27.7 Å². The van der Waals surface area contributed by atoms with Crippen LogP contribution in [0.4, 0.5) is 5.95 Å². The molecule has 1 saturated heterocycles. The largest absolute Gasteiger partial charge is 0.357 e. The highest BCUT2D eigenvalue weighted by Crippen LogP contribution is 2.09. The maximum absolute atomic E-state index is 4.76. The van der Waals surface area contributed by atoms with Gasteiger partial charge in [0.15, 0.2) is 5.96 Å². The lowest BCUT2D eigenvalue weighted by atomic mass is 10.1. The zero-order chi connectivity index (χ0) is 17.4. The molecule has 0 bridgehead atoms. The van der Waals surface area contributed by atoms with Gasteiger partial charge in [-0.1, -0.05) is 0 Å². The van der Waals surface area contributed by atoms with E-state index < -0.39 is 0 Å². The summed E-state index contributed by atoms with van der Waals surface area (Å²) < 4.78 is 0. The molecule has 8 heteroatoms. The van der Waals surface area contributed by atoms with Gasteiger partial charge in [-0.3, -0.25) is 4.99 Å². The van der Waals surface area contributed by atoms with E-state index in [4.69, 9.17) is 4.99 Å². The SMILES string of the molecule is CCNC(=NCCNC(C)(C)C)N1CCN(c2ncccn2)CC1.I. The number of rotatable bonds is 5. The van der Waals surface area contributed by atoms with Gasteiger partial charge in [0.05, 0.1) is 6.54 Å². The Labute approximate surface area is 168 Å². The van der Waals surface area contributed by atoms with Gasteiger partial charge in [-0.2, -0.15) is 0 Å². The first kappa shape index (κ1) is 21.9. The van der Waals surface area contributed by atoms with Crippen molar-refractivity contribution in [2.45, 2.75) is 33.2 Å². The molecule has 1 aromatic heterocycles. The fourth-order valence-electron chi connectivity index (χ4n) is 2.59. The van der Waals surface area contributed by atoms with Crippen molar-refractivity contribution in [2.75, 3.05) is 50.7 Å². The van der Waals surface area contributed by atoms with Crippen LogP contribution in [-0.4, -0.2) is 72.2 Å². The Hall–Kier alpha value is -1.16. The first-order chi connectivity index (χ1) is 11.5. The zero-order valence-electron chi connectivity index (χ0n) is 15.8. The van der Waals surface area contributed by atoms with Crippen molar-refractivity contribution in [3.8, 4) is 0 Å². The standard InChI is InChI=1S/C17H31N7.HI/c1-5-18-15(21-9-10-22-17(2,3)4)23-11-13-24(14-12-23)16-19-7-6-8-20-16;/h6-8,22H,5,9-14H2,1-4H3,(H,18,21);1H. The lowest BCUT2D eigenvalue weighted by Crippen LogP contribution is -2.53. The van der Waals surface area contributed by atoms with E-state index in [0.717, 1.165) is 57.7 Å². The number of hydrogen-bond donors (Lipinski definition) is 2. The molecule has 2 heterocycles. The van der Waals surface area contributed by atoms with Gasteiger partial charge in [-0.05, 0) is 33.8 Å². The predicted octanol–water partition coefficient (Wildman–Crippen LogP) is 1.57. The van der Waals surface area contributed by atoms with Crippen LogP contribution in [0.2, 0.25) is 0 Å². The van der Waals surface area contributed by atoms with Gasteiger partial charge in [0.2, 0.25) is 5.95 Å². The van der Waals surface area contributed by atoms with Crippen LogP contribution in [0.5, 0.6) is 0 Å². The van der Waals surface area contributed by atoms with Gasteiger partial charge in [0.1, 0.15) is 0 Å². The molecule has 142 valence electrons. The Kier molecular flexibility index (Phi) is 9.41. The second-order valence-electron chi connectivity index (χ2n) is 6.94. The molecule has 1 aliphatic rings. The number of aromatic nitrogens is 2. The molecule has 1 aliphatic heterocycles. The van der Waals surface area contributed by atoms with Gasteiger partial charge < -0.3 is 20.4 Å². The van der Waals surface area contributed by atoms with Gasteiger partial charge in [0, 0.05) is 57.2 Å². The van der Waals surface area contributed by atoms with Crippen molar-refractivity contribution in [3.05, 3.63) is 18.5 Å². The molecule has 7 nitrogen and oxygen atoms in total. The van der Waals surface area contributed by atoms with E-state index in [-0.39, 0.29) is 29.5 Å². The molecule has 0 aromatic carbocycles. The molecule has 0 amide bonds. The number of anilines is 1. The molecular weight excluding hydrogens is 429 g/mol. The summed E-state index contributed by atoms with van der Waals surface area (Å²) in [6.07, 6.45) is 3.59. The van der Waals surface area contributed by atoms with Crippen LogP contribution < -0.4 is 15.5 Å². The van der Waals surface area contributed by atoms with E-state index >= 15 is 0 Å². The van der Waals surface area contributed by atoms with Gasteiger partial charge in [-0.25, -0.2) is 9.97 Å². The highest BCUT2D eigenvalue weighted by molar-refractivity contribution is 14.0.